The van der Waals surface area contributed by atoms with Crippen molar-refractivity contribution in [1.82, 2.24) is 0 Å². The van der Waals surface area contributed by atoms with Gasteiger partial charge in [0.05, 0.1) is 0 Å². The highest BCUT2D eigenvalue weighted by Gasteiger charge is 2.20. The van der Waals surface area contributed by atoms with Gasteiger partial charge >= 0.3 is 0 Å². The Bertz CT molecular complexity index is 290. The first kappa shape index (κ1) is 9.07. The maximum absolute atomic E-state index is 5.89. The first-order valence-corrected chi connectivity index (χ1v) is 6.04. The number of hydrogen-bond acceptors (Lipinski definition) is 2. The average Bonchev–Trinajstić information content (AvgIpc) is 2.48. The van der Waals surface area contributed by atoms with Gasteiger partial charge in [0.2, 0.25) is 0 Å². The highest BCUT2D eigenvalue weighted by molar-refractivity contribution is 7.10. The van der Waals surface area contributed by atoms with Crippen molar-refractivity contribution in [3.8, 4) is 0 Å². The Hall–Kier alpha value is -0.500. The van der Waals surface area contributed by atoms with Crippen molar-refractivity contribution in [2.75, 3.05) is 5.73 Å². The first-order valence-electron chi connectivity index (χ1n) is 5.16. The van der Waals surface area contributed by atoms with Crippen LogP contribution in [0.25, 0.3) is 0 Å². The molecule has 0 fully saturated rings. The summed E-state index contributed by atoms with van der Waals surface area (Å²) in [6.45, 7) is 2.28. The van der Waals surface area contributed by atoms with E-state index >= 15 is 0 Å². The number of nitrogen functional groups attached to an aromatic ring is 1. The fourth-order valence-corrected chi connectivity index (χ4v) is 3.37. The molecule has 1 aromatic heterocycles. The largest absolute Gasteiger partial charge is 0.398 e. The third kappa shape index (κ3) is 1.73. The molecule has 13 heavy (non-hydrogen) atoms. The Balaban J connectivity index is 2.11. The van der Waals surface area contributed by atoms with E-state index in [1.807, 2.05) is 11.3 Å². The fourth-order valence-electron chi connectivity index (χ4n) is 2.26. The van der Waals surface area contributed by atoms with Gasteiger partial charge in [-0.05, 0) is 30.7 Å². The molecule has 0 bridgehead atoms. The predicted octanol–water partition coefficient (Wildman–Crippen LogP) is 3.24. The van der Waals surface area contributed by atoms with Gasteiger partial charge in [0.25, 0.3) is 0 Å². The van der Waals surface area contributed by atoms with E-state index in [1.54, 1.807) is 4.88 Å². The van der Waals surface area contributed by atoms with Crippen LogP contribution in [0.4, 0.5) is 5.69 Å². The summed E-state index contributed by atoms with van der Waals surface area (Å²) in [6, 6.07) is 0. The summed E-state index contributed by atoms with van der Waals surface area (Å²) in [5, 5.41) is 2.11. The molecule has 72 valence electrons. The maximum atomic E-state index is 5.89. The zero-order valence-corrected chi connectivity index (χ0v) is 8.99. The number of fused-ring (bicyclic) bond motifs is 1. The van der Waals surface area contributed by atoms with Crippen LogP contribution in [0.1, 0.15) is 36.6 Å². The van der Waals surface area contributed by atoms with Crippen molar-refractivity contribution in [3.05, 3.63) is 15.8 Å². The van der Waals surface area contributed by atoms with E-state index in [0.29, 0.717) is 0 Å². The minimum atomic E-state index is 0.926. The van der Waals surface area contributed by atoms with Crippen LogP contribution in [0.2, 0.25) is 0 Å². The number of rotatable bonds is 2. The molecule has 1 heterocycles. The molecule has 0 amide bonds. The van der Waals surface area contributed by atoms with Gasteiger partial charge in [-0.3, -0.25) is 0 Å². The number of hydrogen-bond donors (Lipinski definition) is 1. The molecule has 1 aliphatic rings. The lowest BCUT2D eigenvalue weighted by Crippen LogP contribution is -2.12. The monoisotopic (exact) mass is 195 g/mol. The quantitative estimate of drug-likeness (QED) is 0.770. The van der Waals surface area contributed by atoms with Gasteiger partial charge in [-0.2, -0.15) is 0 Å². The van der Waals surface area contributed by atoms with Gasteiger partial charge in [-0.25, -0.2) is 0 Å². The van der Waals surface area contributed by atoms with E-state index in [9.17, 15) is 0 Å². The van der Waals surface area contributed by atoms with Crippen LogP contribution in [-0.2, 0) is 12.8 Å². The summed E-state index contributed by atoms with van der Waals surface area (Å²) in [4.78, 5) is 1.56. The standard InChI is InChI=1S/C11H17NS/c1-2-3-8-4-5-9-10(12)7-13-11(9)6-8/h7-8H,2-6,12H2,1H3. The van der Waals surface area contributed by atoms with Gasteiger partial charge < -0.3 is 5.73 Å². The second-order valence-corrected chi connectivity index (χ2v) is 4.95. The van der Waals surface area contributed by atoms with Gasteiger partial charge in [0, 0.05) is 15.9 Å². The van der Waals surface area contributed by atoms with Gasteiger partial charge in [0.15, 0.2) is 0 Å². The molecule has 0 saturated carbocycles. The van der Waals surface area contributed by atoms with Crippen molar-refractivity contribution < 1.29 is 0 Å². The second-order valence-electron chi connectivity index (χ2n) is 3.99. The molecule has 1 aromatic rings. The van der Waals surface area contributed by atoms with Crippen molar-refractivity contribution in [2.45, 2.75) is 39.0 Å². The average molecular weight is 195 g/mol. The Morgan fingerprint density at radius 1 is 1.62 bits per heavy atom. The summed E-state index contributed by atoms with van der Waals surface area (Å²) in [5.41, 5.74) is 8.38. The minimum absolute atomic E-state index is 0.926. The molecule has 0 aliphatic heterocycles. The van der Waals surface area contributed by atoms with E-state index in [2.05, 4.69) is 12.3 Å². The molecule has 0 aromatic carbocycles. The molecular formula is C11H17NS. The van der Waals surface area contributed by atoms with Crippen LogP contribution in [0.5, 0.6) is 0 Å². The molecule has 0 saturated heterocycles. The van der Waals surface area contributed by atoms with Crippen LogP contribution < -0.4 is 5.73 Å². The van der Waals surface area contributed by atoms with E-state index in [-0.39, 0.29) is 0 Å². The van der Waals surface area contributed by atoms with Crippen molar-refractivity contribution in [2.24, 2.45) is 5.92 Å². The summed E-state index contributed by atoms with van der Waals surface area (Å²) in [7, 11) is 0. The highest BCUT2D eigenvalue weighted by atomic mass is 32.1. The summed E-state index contributed by atoms with van der Waals surface area (Å²) in [6.07, 6.45) is 6.56. The molecule has 2 N–H and O–H groups in total. The molecule has 1 aliphatic carbocycles. The fraction of sp³-hybridized carbons (Fsp3) is 0.636. The lowest BCUT2D eigenvalue weighted by molar-refractivity contribution is 0.428. The third-order valence-corrected chi connectivity index (χ3v) is 4.06. The van der Waals surface area contributed by atoms with Crippen LogP contribution in [0, 0.1) is 5.92 Å². The number of thiophene rings is 1. The van der Waals surface area contributed by atoms with E-state index in [4.69, 9.17) is 5.73 Å². The third-order valence-electron chi connectivity index (χ3n) is 2.99. The van der Waals surface area contributed by atoms with Crippen LogP contribution in [0.15, 0.2) is 5.38 Å². The molecule has 0 radical (unpaired) electrons. The van der Waals surface area contributed by atoms with Crippen LogP contribution >= 0.6 is 11.3 Å². The molecule has 1 atom stereocenters. The maximum Gasteiger partial charge on any atom is 0.0458 e. The smallest absolute Gasteiger partial charge is 0.0458 e. The zero-order valence-electron chi connectivity index (χ0n) is 8.18. The SMILES string of the molecule is CCCC1CCc2c(N)csc2C1. The van der Waals surface area contributed by atoms with Crippen LogP contribution in [-0.4, -0.2) is 0 Å². The van der Waals surface area contributed by atoms with Gasteiger partial charge in [0.1, 0.15) is 0 Å². The zero-order chi connectivity index (χ0) is 9.26. The Kier molecular flexibility index (Phi) is 2.58. The Labute approximate surface area is 84.0 Å². The molecule has 1 unspecified atom stereocenters. The van der Waals surface area contributed by atoms with Crippen molar-refractivity contribution in [3.63, 3.8) is 0 Å². The summed E-state index contributed by atoms with van der Waals surface area (Å²) < 4.78 is 0. The lowest BCUT2D eigenvalue weighted by atomic mass is 9.86. The predicted molar refractivity (Wildman–Crippen MR) is 59.2 cm³/mol. The second kappa shape index (κ2) is 3.70. The molecule has 2 heteroatoms. The van der Waals surface area contributed by atoms with Crippen LogP contribution in [0.3, 0.4) is 0 Å². The number of nitrogens with two attached hydrogens (primary N) is 1. The van der Waals surface area contributed by atoms with Gasteiger partial charge in [-0.15, -0.1) is 11.3 Å². The lowest BCUT2D eigenvalue weighted by Gasteiger charge is -2.21. The molecule has 1 nitrogen and oxygen atoms in total. The van der Waals surface area contributed by atoms with Crippen molar-refractivity contribution in [1.29, 1.82) is 0 Å². The highest BCUT2D eigenvalue weighted by Crippen LogP contribution is 2.35. The normalized spacial score (nSPS) is 21.5. The van der Waals surface area contributed by atoms with Crippen molar-refractivity contribution >= 4 is 17.0 Å². The first-order chi connectivity index (χ1) is 6.31. The molecule has 0 spiro atoms. The summed E-state index contributed by atoms with van der Waals surface area (Å²) in [5.74, 6) is 0.926. The van der Waals surface area contributed by atoms with Gasteiger partial charge in [-0.1, -0.05) is 19.8 Å². The van der Waals surface area contributed by atoms with E-state index < -0.39 is 0 Å². The topological polar surface area (TPSA) is 26.0 Å². The minimum Gasteiger partial charge on any atom is -0.398 e. The molecule has 2 rings (SSSR count). The molecular weight excluding hydrogens is 178 g/mol. The van der Waals surface area contributed by atoms with E-state index in [0.717, 1.165) is 11.6 Å². The Morgan fingerprint density at radius 3 is 3.23 bits per heavy atom. The Morgan fingerprint density at radius 2 is 2.46 bits per heavy atom. The van der Waals surface area contributed by atoms with E-state index in [1.165, 1.54) is 37.7 Å². The summed E-state index contributed by atoms with van der Waals surface area (Å²) >= 11 is 1.86. The number of anilines is 1.